The van der Waals surface area contributed by atoms with Crippen molar-refractivity contribution in [1.82, 2.24) is 0 Å². The molecule has 10 heteroatoms. The first kappa shape index (κ1) is 21.3. The topological polar surface area (TPSA) is 111 Å². The van der Waals surface area contributed by atoms with Gasteiger partial charge in [-0.25, -0.2) is 4.39 Å². The summed E-state index contributed by atoms with van der Waals surface area (Å²) in [4.78, 5) is 36.1. The van der Waals surface area contributed by atoms with Crippen molar-refractivity contribution < 1.29 is 23.6 Å². The van der Waals surface area contributed by atoms with Gasteiger partial charge in [-0.05, 0) is 43.3 Å². The summed E-state index contributed by atoms with van der Waals surface area (Å²) in [6.45, 7) is 1.62. The highest BCUT2D eigenvalue weighted by molar-refractivity contribution is 7.99. The number of carbonyl (C=O) groups is 2. The van der Waals surface area contributed by atoms with Crippen LogP contribution < -0.4 is 15.4 Å². The Morgan fingerprint density at radius 2 is 1.94 bits per heavy atom. The van der Waals surface area contributed by atoms with Crippen LogP contribution in [0.1, 0.15) is 17.3 Å². The summed E-state index contributed by atoms with van der Waals surface area (Å²) < 4.78 is 19.6. The summed E-state index contributed by atoms with van der Waals surface area (Å²) >= 11 is 0.988. The molecule has 1 unspecified atom stereocenters. The van der Waals surface area contributed by atoms with E-state index in [1.165, 1.54) is 24.3 Å². The van der Waals surface area contributed by atoms with Crippen LogP contribution >= 0.6 is 11.8 Å². The van der Waals surface area contributed by atoms with Gasteiger partial charge in [0, 0.05) is 27.6 Å². The zero-order valence-corrected chi connectivity index (χ0v) is 17.4. The second-order valence-corrected chi connectivity index (χ2v) is 7.97. The molecule has 0 aliphatic carbocycles. The molecule has 0 bridgehead atoms. The number of carbonyl (C=O) groups excluding carboxylic acids is 2. The smallest absolute Gasteiger partial charge is 0.270 e. The first-order valence-corrected chi connectivity index (χ1v) is 10.3. The quantitative estimate of drug-likeness (QED) is 0.422. The molecule has 0 saturated heterocycles. The van der Waals surface area contributed by atoms with E-state index in [4.69, 9.17) is 4.74 Å². The lowest BCUT2D eigenvalue weighted by molar-refractivity contribution is -0.384. The largest absolute Gasteiger partial charge is 0.479 e. The molecule has 162 valence electrons. The number of halogens is 1. The van der Waals surface area contributed by atoms with Crippen molar-refractivity contribution in [2.45, 2.75) is 22.8 Å². The molecule has 0 saturated carbocycles. The predicted octanol–water partition coefficient (Wildman–Crippen LogP) is 4.86. The maximum Gasteiger partial charge on any atom is 0.270 e. The van der Waals surface area contributed by atoms with Gasteiger partial charge in [0.05, 0.1) is 16.2 Å². The molecule has 32 heavy (non-hydrogen) atoms. The summed E-state index contributed by atoms with van der Waals surface area (Å²) in [6, 6.07) is 14.6. The van der Waals surface area contributed by atoms with Crippen LogP contribution in [0.5, 0.6) is 5.75 Å². The highest BCUT2D eigenvalue weighted by Gasteiger charge is 2.24. The van der Waals surface area contributed by atoms with Crippen molar-refractivity contribution in [3.63, 3.8) is 0 Å². The molecule has 1 aliphatic heterocycles. The number of non-ortho nitro benzene ring substituents is 1. The minimum atomic E-state index is -0.634. The van der Waals surface area contributed by atoms with Gasteiger partial charge in [-0.1, -0.05) is 23.9 Å². The number of amides is 2. The van der Waals surface area contributed by atoms with Gasteiger partial charge in [0.15, 0.2) is 6.10 Å². The highest BCUT2D eigenvalue weighted by atomic mass is 32.2. The molecule has 8 nitrogen and oxygen atoms in total. The molecular formula is C22H16FN3O5S. The number of ether oxygens (including phenoxy) is 1. The van der Waals surface area contributed by atoms with Gasteiger partial charge >= 0.3 is 0 Å². The van der Waals surface area contributed by atoms with Crippen molar-refractivity contribution in [1.29, 1.82) is 0 Å². The van der Waals surface area contributed by atoms with Gasteiger partial charge in [-0.15, -0.1) is 0 Å². The van der Waals surface area contributed by atoms with Crippen molar-refractivity contribution >= 4 is 40.6 Å². The number of hydrogen-bond acceptors (Lipinski definition) is 6. The van der Waals surface area contributed by atoms with Crippen molar-refractivity contribution in [2.75, 3.05) is 10.6 Å². The normalized spacial score (nSPS) is 14.7. The Hall–Kier alpha value is -3.92. The second kappa shape index (κ2) is 8.67. The van der Waals surface area contributed by atoms with E-state index in [9.17, 15) is 24.1 Å². The number of rotatable bonds is 5. The van der Waals surface area contributed by atoms with E-state index in [-0.39, 0.29) is 22.1 Å². The predicted molar refractivity (Wildman–Crippen MR) is 117 cm³/mol. The van der Waals surface area contributed by atoms with Crippen LogP contribution in [0.25, 0.3) is 0 Å². The molecule has 1 aliphatic rings. The maximum atomic E-state index is 14.1. The number of nitrogens with one attached hydrogen (secondary N) is 2. The van der Waals surface area contributed by atoms with Crippen LogP contribution in [0.3, 0.4) is 0 Å². The van der Waals surface area contributed by atoms with Gasteiger partial charge in [0.25, 0.3) is 17.5 Å². The molecule has 3 aromatic rings. The van der Waals surface area contributed by atoms with E-state index in [0.717, 1.165) is 17.8 Å². The summed E-state index contributed by atoms with van der Waals surface area (Å²) in [5.74, 6) is -0.949. The van der Waals surface area contributed by atoms with Crippen molar-refractivity contribution in [3.05, 3.63) is 82.2 Å². The fourth-order valence-corrected chi connectivity index (χ4v) is 3.98. The van der Waals surface area contributed by atoms with Gasteiger partial charge < -0.3 is 15.4 Å². The van der Waals surface area contributed by atoms with E-state index in [0.29, 0.717) is 22.0 Å². The third kappa shape index (κ3) is 4.40. The Labute approximate surface area is 185 Å². The third-order valence-corrected chi connectivity index (χ3v) is 5.77. The molecule has 4 rings (SSSR count). The van der Waals surface area contributed by atoms with Crippen LogP contribution in [-0.2, 0) is 4.79 Å². The average Bonchev–Trinajstić information content (AvgIpc) is 2.76. The second-order valence-electron chi connectivity index (χ2n) is 6.88. The molecule has 0 aromatic heterocycles. The van der Waals surface area contributed by atoms with Crippen LogP contribution in [0.2, 0.25) is 0 Å². The SMILES string of the molecule is CC1Oc2ccc(NC(=O)c3cc([N+](=O)[O-])ccc3Sc3ccccc3F)cc2NC1=O. The summed E-state index contributed by atoms with van der Waals surface area (Å²) in [6.07, 6.45) is -0.634. The lowest BCUT2D eigenvalue weighted by Crippen LogP contribution is -2.34. The van der Waals surface area contributed by atoms with Crippen LogP contribution in [0.15, 0.2) is 70.5 Å². The van der Waals surface area contributed by atoms with E-state index < -0.39 is 22.8 Å². The van der Waals surface area contributed by atoms with Gasteiger partial charge in [0.1, 0.15) is 11.6 Å². The molecule has 0 radical (unpaired) electrons. The van der Waals surface area contributed by atoms with Crippen LogP contribution in [0.4, 0.5) is 21.5 Å². The number of benzene rings is 3. The van der Waals surface area contributed by atoms with Crippen LogP contribution in [0, 0.1) is 15.9 Å². The first-order chi connectivity index (χ1) is 15.3. The number of hydrogen-bond donors (Lipinski definition) is 2. The standard InChI is InChI=1S/C22H16FN3O5S/c1-12-21(27)25-17-10-13(6-8-18(17)31-12)24-22(28)15-11-14(26(29)30)7-9-19(15)32-20-5-3-2-4-16(20)23/h2-12H,1H3,(H,24,28)(H,25,27). The summed E-state index contributed by atoms with van der Waals surface area (Å²) in [5.41, 5.74) is 0.485. The Kier molecular flexibility index (Phi) is 5.78. The molecule has 0 spiro atoms. The Balaban J connectivity index is 1.64. The summed E-state index contributed by atoms with van der Waals surface area (Å²) in [7, 11) is 0. The molecule has 3 aromatic carbocycles. The number of nitrogens with zero attached hydrogens (tertiary/aromatic N) is 1. The maximum absolute atomic E-state index is 14.1. The first-order valence-electron chi connectivity index (χ1n) is 9.45. The molecule has 1 heterocycles. The zero-order chi connectivity index (χ0) is 22.8. The van der Waals surface area contributed by atoms with Gasteiger partial charge in [-0.2, -0.15) is 0 Å². The monoisotopic (exact) mass is 453 g/mol. The third-order valence-electron chi connectivity index (χ3n) is 4.64. The highest BCUT2D eigenvalue weighted by Crippen LogP contribution is 2.35. The number of nitro benzene ring substituents is 1. The van der Waals surface area contributed by atoms with E-state index in [1.54, 1.807) is 37.3 Å². The lowest BCUT2D eigenvalue weighted by Gasteiger charge is -2.23. The Morgan fingerprint density at radius 1 is 1.16 bits per heavy atom. The van der Waals surface area contributed by atoms with E-state index in [1.807, 2.05) is 0 Å². The number of anilines is 2. The molecule has 0 fully saturated rings. The number of fused-ring (bicyclic) bond motifs is 1. The molecule has 2 amide bonds. The van der Waals surface area contributed by atoms with Gasteiger partial charge in [-0.3, -0.25) is 19.7 Å². The van der Waals surface area contributed by atoms with Crippen LogP contribution in [-0.4, -0.2) is 22.8 Å². The molecule has 1 atom stereocenters. The lowest BCUT2D eigenvalue weighted by atomic mass is 10.1. The molecular weight excluding hydrogens is 437 g/mol. The fourth-order valence-electron chi connectivity index (χ4n) is 3.03. The van der Waals surface area contributed by atoms with Gasteiger partial charge in [0.2, 0.25) is 0 Å². The van der Waals surface area contributed by atoms with Crippen molar-refractivity contribution in [2.24, 2.45) is 0 Å². The summed E-state index contributed by atoms with van der Waals surface area (Å²) in [5, 5.41) is 16.6. The fraction of sp³-hybridized carbons (Fsp3) is 0.0909. The Bertz CT molecular complexity index is 1250. The van der Waals surface area contributed by atoms with E-state index in [2.05, 4.69) is 10.6 Å². The van der Waals surface area contributed by atoms with Crippen molar-refractivity contribution in [3.8, 4) is 5.75 Å². The minimum absolute atomic E-state index is 0.0130. The average molecular weight is 453 g/mol. The number of nitro groups is 1. The zero-order valence-electron chi connectivity index (χ0n) is 16.6. The van der Waals surface area contributed by atoms with E-state index >= 15 is 0 Å². The molecule has 2 N–H and O–H groups in total. The Morgan fingerprint density at radius 3 is 2.69 bits per heavy atom. The minimum Gasteiger partial charge on any atom is -0.479 e.